The number of nitrogens with zero attached hydrogens (tertiary/aromatic N) is 2. The van der Waals surface area contributed by atoms with E-state index in [2.05, 4.69) is 61.0 Å². The van der Waals surface area contributed by atoms with Gasteiger partial charge >= 0.3 is 0 Å². The first-order chi connectivity index (χ1) is 16.4. The van der Waals surface area contributed by atoms with Gasteiger partial charge in [0, 0.05) is 35.0 Å². The van der Waals surface area contributed by atoms with E-state index in [1.54, 1.807) is 46.6 Å². The lowest BCUT2D eigenvalue weighted by atomic mass is 9.94. The molecule has 0 saturated carbocycles. The number of carbonyl (C=O) groups is 2. The average Bonchev–Trinajstić information content (AvgIpc) is 3.57. The molecule has 2 aromatic carbocycles. The van der Waals surface area contributed by atoms with Crippen LogP contribution in [0.5, 0.6) is 0 Å². The van der Waals surface area contributed by atoms with Gasteiger partial charge in [-0.1, -0.05) is 24.3 Å². The summed E-state index contributed by atoms with van der Waals surface area (Å²) in [5.74, 6) is -0.282. The molecule has 0 fully saturated rings. The van der Waals surface area contributed by atoms with Gasteiger partial charge in [0.15, 0.2) is 0 Å². The second kappa shape index (κ2) is 7.52. The van der Waals surface area contributed by atoms with Crippen LogP contribution in [0.15, 0.2) is 59.3 Å². The van der Waals surface area contributed by atoms with Gasteiger partial charge in [-0.3, -0.25) is 9.59 Å². The molecule has 2 aromatic heterocycles. The predicted molar refractivity (Wildman–Crippen MR) is 143 cm³/mol. The first-order valence-electron chi connectivity index (χ1n) is 11.0. The van der Waals surface area contributed by atoms with Crippen LogP contribution in [-0.4, -0.2) is 25.9 Å². The van der Waals surface area contributed by atoms with Crippen LogP contribution in [0, 0.1) is 13.8 Å². The summed E-state index contributed by atoms with van der Waals surface area (Å²) in [6.45, 7) is 4.19. The van der Waals surface area contributed by atoms with E-state index in [0.717, 1.165) is 33.6 Å². The van der Waals surface area contributed by atoms with Crippen molar-refractivity contribution in [2.24, 2.45) is 0 Å². The van der Waals surface area contributed by atoms with Crippen LogP contribution in [0.25, 0.3) is 32.0 Å². The fourth-order valence-corrected chi connectivity index (χ4v) is 6.78. The zero-order valence-electron chi connectivity index (χ0n) is 19.3. The molecule has 2 amide bonds. The number of benzene rings is 2. The highest BCUT2D eigenvalue weighted by atomic mass is 32.1. The Balaban J connectivity index is 1.53. The van der Waals surface area contributed by atoms with E-state index >= 15 is 0 Å². The number of rotatable bonds is 2. The largest absolute Gasteiger partial charge is 0.311 e. The smallest absolute Gasteiger partial charge is 0.259 e. The van der Waals surface area contributed by atoms with E-state index in [1.807, 2.05) is 12.1 Å². The molecule has 168 valence electrons. The van der Waals surface area contributed by atoms with Crippen LogP contribution in [0.4, 0.5) is 11.4 Å². The third-order valence-corrected chi connectivity index (χ3v) is 8.92. The molecule has 4 aromatic rings. The van der Waals surface area contributed by atoms with Gasteiger partial charge in [-0.25, -0.2) is 0 Å². The zero-order chi connectivity index (χ0) is 23.7. The molecular formula is C28H22N2O2S2. The molecule has 2 aliphatic heterocycles. The third-order valence-electron chi connectivity index (χ3n) is 6.79. The summed E-state index contributed by atoms with van der Waals surface area (Å²) >= 11 is 3.39. The number of aryl methyl sites for hydroxylation is 2. The Hall–Kier alpha value is -3.48. The van der Waals surface area contributed by atoms with Crippen molar-refractivity contribution in [2.75, 3.05) is 23.9 Å². The third kappa shape index (κ3) is 2.89. The van der Waals surface area contributed by atoms with Crippen LogP contribution >= 0.6 is 22.7 Å². The summed E-state index contributed by atoms with van der Waals surface area (Å²) in [5.41, 5.74) is 8.89. The van der Waals surface area contributed by atoms with Crippen LogP contribution in [0.1, 0.15) is 22.3 Å². The van der Waals surface area contributed by atoms with Crippen LogP contribution < -0.4 is 9.80 Å². The molecule has 0 N–H and O–H groups in total. The first-order valence-corrected chi connectivity index (χ1v) is 12.8. The topological polar surface area (TPSA) is 40.6 Å². The summed E-state index contributed by atoms with van der Waals surface area (Å²) in [7, 11) is 3.57. The van der Waals surface area contributed by atoms with Crippen molar-refractivity contribution in [1.29, 1.82) is 0 Å². The molecule has 0 aliphatic carbocycles. The maximum atomic E-state index is 13.5. The highest BCUT2D eigenvalue weighted by Crippen LogP contribution is 2.48. The molecule has 4 nitrogen and oxygen atoms in total. The average molecular weight is 483 g/mol. The monoisotopic (exact) mass is 482 g/mol. The summed E-state index contributed by atoms with van der Waals surface area (Å²) in [6, 6.07) is 16.4. The Morgan fingerprint density at radius 3 is 1.38 bits per heavy atom. The van der Waals surface area contributed by atoms with Crippen molar-refractivity contribution in [3.63, 3.8) is 0 Å². The number of likely N-dealkylation sites (N-methyl/N-ethyl adjacent to an activating group) is 2. The Labute approximate surface area is 206 Å². The Morgan fingerprint density at radius 2 is 1.03 bits per heavy atom. The van der Waals surface area contributed by atoms with Crippen LogP contribution in [0.3, 0.4) is 0 Å². The van der Waals surface area contributed by atoms with Crippen molar-refractivity contribution in [2.45, 2.75) is 13.8 Å². The minimum absolute atomic E-state index is 0.141. The second-order valence-corrected chi connectivity index (χ2v) is 10.6. The molecule has 0 radical (unpaired) electrons. The predicted octanol–water partition coefficient (Wildman–Crippen LogP) is 6.62. The summed E-state index contributed by atoms with van der Waals surface area (Å²) in [4.78, 5) is 32.7. The second-order valence-electron chi connectivity index (χ2n) is 8.81. The van der Waals surface area contributed by atoms with Gasteiger partial charge in [-0.2, -0.15) is 0 Å². The van der Waals surface area contributed by atoms with Gasteiger partial charge in [-0.05, 0) is 71.1 Å². The number of hydrogen-bond acceptors (Lipinski definition) is 4. The zero-order valence-corrected chi connectivity index (χ0v) is 20.9. The van der Waals surface area contributed by atoms with Gasteiger partial charge in [0.1, 0.15) is 0 Å². The number of hydrogen-bond donors (Lipinski definition) is 0. The van der Waals surface area contributed by atoms with Crippen molar-refractivity contribution in [1.82, 2.24) is 0 Å². The van der Waals surface area contributed by atoms with Crippen molar-refractivity contribution >= 4 is 57.0 Å². The lowest BCUT2D eigenvalue weighted by Crippen LogP contribution is -2.24. The molecule has 6 rings (SSSR count). The number of thiophene rings is 2. The minimum atomic E-state index is -0.141. The van der Waals surface area contributed by atoms with Crippen molar-refractivity contribution in [3.8, 4) is 20.9 Å². The molecule has 0 atom stereocenters. The van der Waals surface area contributed by atoms with Gasteiger partial charge in [-0.15, -0.1) is 22.7 Å². The maximum Gasteiger partial charge on any atom is 0.259 e. The fraction of sp³-hybridized carbons (Fsp3) is 0.143. The van der Waals surface area contributed by atoms with E-state index in [4.69, 9.17) is 0 Å². The van der Waals surface area contributed by atoms with E-state index in [-0.39, 0.29) is 11.8 Å². The highest BCUT2D eigenvalue weighted by molar-refractivity contribution is 7.14. The molecule has 0 saturated heterocycles. The molecule has 6 heteroatoms. The van der Waals surface area contributed by atoms with Gasteiger partial charge in [0.2, 0.25) is 0 Å². The van der Waals surface area contributed by atoms with Gasteiger partial charge in [0.05, 0.1) is 22.5 Å². The summed E-state index contributed by atoms with van der Waals surface area (Å²) in [6.07, 6.45) is 0. The maximum absolute atomic E-state index is 13.5. The number of amides is 2. The molecule has 0 bridgehead atoms. The Kier molecular flexibility index (Phi) is 4.66. The van der Waals surface area contributed by atoms with E-state index in [1.165, 1.54) is 20.9 Å². The van der Waals surface area contributed by atoms with Gasteiger partial charge in [0.25, 0.3) is 11.8 Å². The molecule has 0 unspecified atom stereocenters. The normalized spacial score (nSPS) is 17.1. The first kappa shape index (κ1) is 21.1. The molecule has 34 heavy (non-hydrogen) atoms. The molecule has 4 heterocycles. The SMILES string of the molecule is Cc1ccsc1-c1ccc2c(c1)N(C)C(=O)/C2=C1/C(=O)N(C)c2cc(-c3sccc3C)ccc21. The minimum Gasteiger partial charge on any atom is -0.311 e. The lowest BCUT2D eigenvalue weighted by molar-refractivity contribution is -0.114. The Morgan fingerprint density at radius 1 is 0.618 bits per heavy atom. The Bertz CT molecular complexity index is 1440. The number of anilines is 2. The highest BCUT2D eigenvalue weighted by Gasteiger charge is 2.40. The van der Waals surface area contributed by atoms with Gasteiger partial charge < -0.3 is 9.80 Å². The van der Waals surface area contributed by atoms with Crippen molar-refractivity contribution in [3.05, 3.63) is 81.5 Å². The van der Waals surface area contributed by atoms with E-state index in [0.29, 0.717) is 11.1 Å². The fourth-order valence-electron chi connectivity index (χ4n) is 4.93. The van der Waals surface area contributed by atoms with E-state index < -0.39 is 0 Å². The number of fused-ring (bicyclic) bond motifs is 2. The lowest BCUT2D eigenvalue weighted by Gasteiger charge is -2.11. The molecule has 0 spiro atoms. The van der Waals surface area contributed by atoms with Crippen LogP contribution in [0.2, 0.25) is 0 Å². The number of carbonyl (C=O) groups excluding carboxylic acids is 2. The van der Waals surface area contributed by atoms with Crippen LogP contribution in [-0.2, 0) is 9.59 Å². The van der Waals surface area contributed by atoms with Crippen molar-refractivity contribution < 1.29 is 9.59 Å². The molecule has 2 aliphatic rings. The standard InChI is InChI=1S/C28H22N2O2S2/c1-15-9-11-33-25(15)17-5-7-19-21(13-17)29(3)27(31)23(19)24-20-8-6-18(26-16(2)10-12-34-26)14-22(20)30(4)28(24)32/h5-14H,1-4H3/b24-23+. The summed E-state index contributed by atoms with van der Waals surface area (Å²) < 4.78 is 0. The summed E-state index contributed by atoms with van der Waals surface area (Å²) in [5, 5.41) is 4.16. The quantitative estimate of drug-likeness (QED) is 0.301. The molecular weight excluding hydrogens is 460 g/mol. The van der Waals surface area contributed by atoms with E-state index in [9.17, 15) is 9.59 Å².